The summed E-state index contributed by atoms with van der Waals surface area (Å²) in [6.07, 6.45) is 1.62. The molecular weight excluding hydrogens is 238 g/mol. The molecule has 0 fully saturated rings. The van der Waals surface area contributed by atoms with E-state index in [-0.39, 0.29) is 5.82 Å². The van der Waals surface area contributed by atoms with Gasteiger partial charge < -0.3 is 10.1 Å². The van der Waals surface area contributed by atoms with Gasteiger partial charge >= 0.3 is 5.82 Å². The molecule has 72 valence electrons. The highest BCUT2D eigenvalue weighted by Crippen LogP contribution is 2.08. The van der Waals surface area contributed by atoms with Gasteiger partial charge in [-0.25, -0.2) is 0 Å². The number of halogens is 1. The van der Waals surface area contributed by atoms with E-state index >= 15 is 0 Å². The molecule has 0 aliphatic carbocycles. The fourth-order valence-electron chi connectivity index (χ4n) is 0.918. The molecule has 5 nitrogen and oxygen atoms in total. The van der Waals surface area contributed by atoms with Crippen molar-refractivity contribution in [3.05, 3.63) is 22.4 Å². The lowest BCUT2D eigenvalue weighted by atomic mass is 10.2. The van der Waals surface area contributed by atoms with Gasteiger partial charge in [-0.05, 0) is 10.8 Å². The van der Waals surface area contributed by atoms with Crippen LogP contribution in [0.4, 0.5) is 5.82 Å². The van der Waals surface area contributed by atoms with E-state index in [2.05, 4.69) is 21.0 Å². The highest BCUT2D eigenvalue weighted by Gasteiger charge is 2.12. The fraction of sp³-hybridized carbons (Fsp3) is 0.571. The predicted octanol–water partition coefficient (Wildman–Crippen LogP) is 1.82. The summed E-state index contributed by atoms with van der Waals surface area (Å²) in [5.74, 6) is 0.321. The minimum absolute atomic E-state index is 0.0956. The van der Waals surface area contributed by atoms with Crippen molar-refractivity contribution in [1.29, 1.82) is 0 Å². The Morgan fingerprint density at radius 3 is 3.00 bits per heavy atom. The van der Waals surface area contributed by atoms with Crippen molar-refractivity contribution in [3.8, 4) is 0 Å². The second-order valence-corrected chi connectivity index (χ2v) is 3.56. The van der Waals surface area contributed by atoms with Crippen molar-refractivity contribution in [2.45, 2.75) is 13.5 Å². The second-order valence-electron chi connectivity index (χ2n) is 2.91. The van der Waals surface area contributed by atoms with E-state index < -0.39 is 4.92 Å². The molecule has 0 amide bonds. The average molecular weight is 248 g/mol. The van der Waals surface area contributed by atoms with E-state index in [4.69, 9.17) is 0 Å². The Labute approximate surface area is 84.0 Å². The number of aromatic nitrogens is 2. The van der Waals surface area contributed by atoms with Crippen LogP contribution in [0.25, 0.3) is 0 Å². The molecule has 1 atom stereocenters. The van der Waals surface area contributed by atoms with Crippen LogP contribution in [0.5, 0.6) is 0 Å². The molecule has 0 saturated carbocycles. The Balaban J connectivity index is 2.64. The molecule has 0 aliphatic rings. The van der Waals surface area contributed by atoms with E-state index in [1.54, 1.807) is 10.9 Å². The van der Waals surface area contributed by atoms with Gasteiger partial charge in [-0.3, -0.25) is 0 Å². The van der Waals surface area contributed by atoms with Gasteiger partial charge in [0.15, 0.2) is 0 Å². The average Bonchev–Trinajstić information content (AvgIpc) is 2.52. The first kappa shape index (κ1) is 10.2. The van der Waals surface area contributed by atoms with Crippen LogP contribution < -0.4 is 0 Å². The zero-order valence-electron chi connectivity index (χ0n) is 7.18. The number of rotatable bonds is 4. The van der Waals surface area contributed by atoms with E-state index in [0.717, 1.165) is 5.33 Å². The third kappa shape index (κ3) is 2.80. The molecule has 0 N–H and O–H groups in total. The minimum Gasteiger partial charge on any atom is -0.358 e. The third-order valence-corrected chi connectivity index (χ3v) is 2.68. The minimum atomic E-state index is -0.491. The summed E-state index contributed by atoms with van der Waals surface area (Å²) in [6, 6.07) is 1.40. The molecule has 1 unspecified atom stereocenters. The van der Waals surface area contributed by atoms with Crippen LogP contribution in [-0.4, -0.2) is 20.0 Å². The molecule has 0 radical (unpaired) electrons. The van der Waals surface area contributed by atoms with Crippen molar-refractivity contribution in [1.82, 2.24) is 9.78 Å². The van der Waals surface area contributed by atoms with Crippen molar-refractivity contribution in [2.24, 2.45) is 5.92 Å². The van der Waals surface area contributed by atoms with Crippen LogP contribution in [0.15, 0.2) is 12.3 Å². The van der Waals surface area contributed by atoms with Gasteiger partial charge in [0.25, 0.3) is 0 Å². The first-order valence-corrected chi connectivity index (χ1v) is 4.99. The summed E-state index contributed by atoms with van der Waals surface area (Å²) in [5.41, 5.74) is 0. The quantitative estimate of drug-likeness (QED) is 0.464. The van der Waals surface area contributed by atoms with Crippen LogP contribution in [-0.2, 0) is 6.54 Å². The number of alkyl halides is 1. The normalized spacial score (nSPS) is 12.8. The monoisotopic (exact) mass is 247 g/mol. The fourth-order valence-corrected chi connectivity index (χ4v) is 1.12. The van der Waals surface area contributed by atoms with Gasteiger partial charge in [-0.15, -0.1) is 0 Å². The van der Waals surface area contributed by atoms with Crippen molar-refractivity contribution < 1.29 is 4.92 Å². The molecule has 0 spiro atoms. The molecule has 0 aliphatic heterocycles. The van der Waals surface area contributed by atoms with Gasteiger partial charge in [0.2, 0.25) is 0 Å². The molecule has 0 bridgehead atoms. The van der Waals surface area contributed by atoms with Crippen LogP contribution in [0.3, 0.4) is 0 Å². The van der Waals surface area contributed by atoms with Crippen molar-refractivity contribution >= 4 is 21.7 Å². The summed E-state index contributed by atoms with van der Waals surface area (Å²) in [7, 11) is 0. The topological polar surface area (TPSA) is 61.0 Å². The smallest absolute Gasteiger partial charge is 0.358 e. The maximum atomic E-state index is 10.3. The van der Waals surface area contributed by atoms with Gasteiger partial charge in [-0.2, -0.15) is 4.68 Å². The van der Waals surface area contributed by atoms with Crippen LogP contribution in [0.2, 0.25) is 0 Å². The van der Waals surface area contributed by atoms with Gasteiger partial charge in [-0.1, -0.05) is 22.9 Å². The summed E-state index contributed by atoms with van der Waals surface area (Å²) in [6.45, 7) is 2.74. The van der Waals surface area contributed by atoms with Gasteiger partial charge in [0, 0.05) is 5.33 Å². The Bertz CT molecular complexity index is 300. The molecule has 1 aromatic rings. The maximum absolute atomic E-state index is 10.3. The van der Waals surface area contributed by atoms with Crippen LogP contribution in [0.1, 0.15) is 6.92 Å². The van der Waals surface area contributed by atoms with Crippen molar-refractivity contribution in [3.63, 3.8) is 0 Å². The Kier molecular flexibility index (Phi) is 3.41. The summed E-state index contributed by atoms with van der Waals surface area (Å²) < 4.78 is 1.59. The Morgan fingerprint density at radius 1 is 1.85 bits per heavy atom. The second kappa shape index (κ2) is 4.36. The molecule has 13 heavy (non-hydrogen) atoms. The van der Waals surface area contributed by atoms with Gasteiger partial charge in [0.05, 0.1) is 23.9 Å². The van der Waals surface area contributed by atoms with Crippen LogP contribution in [0, 0.1) is 16.0 Å². The number of nitrogens with zero attached hydrogens (tertiary/aromatic N) is 3. The first-order valence-electron chi connectivity index (χ1n) is 3.87. The summed E-state index contributed by atoms with van der Waals surface area (Å²) in [5, 5.41) is 14.9. The standard InChI is InChI=1S/C7H10BrN3O2/c1-6(4-8)5-10-3-2-7(9-10)11(12)13/h2-3,6H,4-5H2,1H3. The molecule has 6 heteroatoms. The zero-order valence-corrected chi connectivity index (χ0v) is 8.77. The molecule has 1 aromatic heterocycles. The molecule has 0 saturated heterocycles. The lowest BCUT2D eigenvalue weighted by molar-refractivity contribution is -0.389. The SMILES string of the molecule is CC(CBr)Cn1ccc([N+](=O)[O-])n1. The van der Waals surface area contributed by atoms with Crippen molar-refractivity contribution in [2.75, 3.05) is 5.33 Å². The largest absolute Gasteiger partial charge is 0.389 e. The van der Waals surface area contributed by atoms with E-state index in [9.17, 15) is 10.1 Å². The lowest BCUT2D eigenvalue weighted by Crippen LogP contribution is -2.09. The summed E-state index contributed by atoms with van der Waals surface area (Å²) >= 11 is 3.33. The number of hydrogen-bond acceptors (Lipinski definition) is 3. The number of hydrogen-bond donors (Lipinski definition) is 0. The molecular formula is C7H10BrN3O2. The van der Waals surface area contributed by atoms with Crippen LogP contribution >= 0.6 is 15.9 Å². The lowest BCUT2D eigenvalue weighted by Gasteiger charge is -2.02. The maximum Gasteiger partial charge on any atom is 0.389 e. The Hall–Kier alpha value is -0.910. The molecule has 1 heterocycles. The zero-order chi connectivity index (χ0) is 9.84. The molecule has 1 rings (SSSR count). The Morgan fingerprint density at radius 2 is 2.54 bits per heavy atom. The van der Waals surface area contributed by atoms with E-state index in [1.807, 2.05) is 6.92 Å². The van der Waals surface area contributed by atoms with E-state index in [1.165, 1.54) is 6.07 Å². The number of nitro groups is 1. The highest BCUT2D eigenvalue weighted by molar-refractivity contribution is 9.09. The molecule has 0 aromatic carbocycles. The highest BCUT2D eigenvalue weighted by atomic mass is 79.9. The predicted molar refractivity (Wildman–Crippen MR) is 51.8 cm³/mol. The first-order chi connectivity index (χ1) is 6.13. The van der Waals surface area contributed by atoms with E-state index in [0.29, 0.717) is 12.5 Å². The summed E-state index contributed by atoms with van der Waals surface area (Å²) in [4.78, 5) is 9.80. The van der Waals surface area contributed by atoms with Gasteiger partial charge in [0.1, 0.15) is 0 Å². The third-order valence-electron chi connectivity index (χ3n) is 1.58.